The van der Waals surface area contributed by atoms with Crippen LogP contribution in [0, 0.1) is 13.8 Å². The lowest BCUT2D eigenvalue weighted by Crippen LogP contribution is -2.29. The third-order valence-corrected chi connectivity index (χ3v) is 5.71. The number of hydrogen-bond donors (Lipinski definition) is 1. The van der Waals surface area contributed by atoms with Crippen LogP contribution >= 0.6 is 0 Å². The highest BCUT2D eigenvalue weighted by Gasteiger charge is 2.19. The van der Waals surface area contributed by atoms with Crippen LogP contribution in [0.4, 0.5) is 0 Å². The van der Waals surface area contributed by atoms with Crippen LogP contribution in [0.1, 0.15) is 35.6 Å². The minimum Gasteiger partial charge on any atom is -0.388 e. The first-order chi connectivity index (χ1) is 9.85. The molecule has 4 nitrogen and oxygen atoms in total. The van der Waals surface area contributed by atoms with E-state index in [1.807, 2.05) is 26.0 Å². The highest BCUT2D eigenvalue weighted by Crippen LogP contribution is 2.20. The topological polar surface area (TPSA) is 57.6 Å². The van der Waals surface area contributed by atoms with E-state index in [0.29, 0.717) is 25.1 Å². The fourth-order valence-electron chi connectivity index (χ4n) is 2.89. The molecule has 118 valence electrons. The van der Waals surface area contributed by atoms with Crippen molar-refractivity contribution in [3.05, 3.63) is 34.9 Å². The van der Waals surface area contributed by atoms with Gasteiger partial charge in [0.15, 0.2) is 9.84 Å². The quantitative estimate of drug-likeness (QED) is 0.922. The van der Waals surface area contributed by atoms with Crippen molar-refractivity contribution in [3.8, 4) is 0 Å². The summed E-state index contributed by atoms with van der Waals surface area (Å²) < 4.78 is 23.1. The minimum absolute atomic E-state index is 0.243. The lowest BCUT2D eigenvalue weighted by Gasteiger charge is -2.21. The largest absolute Gasteiger partial charge is 0.388 e. The molecule has 1 aromatic carbocycles. The molecule has 1 N–H and O–H groups in total. The third-order valence-electron chi connectivity index (χ3n) is 4.00. The van der Waals surface area contributed by atoms with Gasteiger partial charge in [0.1, 0.15) is 0 Å². The maximum absolute atomic E-state index is 11.6. The zero-order valence-corrected chi connectivity index (χ0v) is 13.7. The van der Waals surface area contributed by atoms with Gasteiger partial charge in [-0.3, -0.25) is 0 Å². The van der Waals surface area contributed by atoms with Gasteiger partial charge in [-0.2, -0.15) is 0 Å². The van der Waals surface area contributed by atoms with E-state index in [2.05, 4.69) is 11.0 Å². The van der Waals surface area contributed by atoms with E-state index in [9.17, 15) is 13.5 Å². The predicted octanol–water partition coefficient (Wildman–Crippen LogP) is 1.85. The molecule has 1 aliphatic rings. The SMILES string of the molecule is Cc1cc(C)cc(C(O)CCN2CCCS(=O)(=O)CC2)c1. The molecule has 1 heterocycles. The monoisotopic (exact) mass is 311 g/mol. The Morgan fingerprint density at radius 2 is 1.81 bits per heavy atom. The van der Waals surface area contributed by atoms with Gasteiger partial charge in [0.05, 0.1) is 17.6 Å². The molecule has 5 heteroatoms. The van der Waals surface area contributed by atoms with Crippen molar-refractivity contribution in [1.82, 2.24) is 4.90 Å². The molecule has 1 unspecified atom stereocenters. The first kappa shape index (κ1) is 16.5. The molecule has 0 spiro atoms. The normalized spacial score (nSPS) is 20.9. The van der Waals surface area contributed by atoms with E-state index < -0.39 is 15.9 Å². The summed E-state index contributed by atoms with van der Waals surface area (Å²) in [6.45, 7) is 6.19. The van der Waals surface area contributed by atoms with E-state index in [-0.39, 0.29) is 5.75 Å². The first-order valence-corrected chi connectivity index (χ1v) is 9.37. The molecule has 0 saturated carbocycles. The Morgan fingerprint density at radius 3 is 2.48 bits per heavy atom. The number of benzene rings is 1. The number of hydrogen-bond acceptors (Lipinski definition) is 4. The highest BCUT2D eigenvalue weighted by molar-refractivity contribution is 7.91. The Bertz CT molecular complexity index is 563. The summed E-state index contributed by atoms with van der Waals surface area (Å²) >= 11 is 0. The maximum Gasteiger partial charge on any atom is 0.151 e. The molecule has 1 aromatic rings. The number of aryl methyl sites for hydroxylation is 2. The molecule has 0 bridgehead atoms. The number of sulfone groups is 1. The average molecular weight is 311 g/mol. The average Bonchev–Trinajstić information content (AvgIpc) is 2.56. The molecule has 0 aromatic heterocycles. The van der Waals surface area contributed by atoms with Gasteiger partial charge in [0.25, 0.3) is 0 Å². The number of rotatable bonds is 4. The van der Waals surface area contributed by atoms with Gasteiger partial charge in [-0.15, -0.1) is 0 Å². The van der Waals surface area contributed by atoms with Gasteiger partial charge >= 0.3 is 0 Å². The Hall–Kier alpha value is -0.910. The van der Waals surface area contributed by atoms with Gasteiger partial charge in [-0.05, 0) is 38.8 Å². The second kappa shape index (κ2) is 6.90. The highest BCUT2D eigenvalue weighted by atomic mass is 32.2. The number of aliphatic hydroxyl groups is 1. The van der Waals surface area contributed by atoms with Crippen molar-refractivity contribution in [3.63, 3.8) is 0 Å². The molecule has 0 aliphatic carbocycles. The van der Waals surface area contributed by atoms with Crippen LogP contribution in [-0.2, 0) is 9.84 Å². The summed E-state index contributed by atoms with van der Waals surface area (Å²) in [5.74, 6) is 0.537. The molecule has 0 radical (unpaired) electrons. The molecule has 1 saturated heterocycles. The molecule has 0 amide bonds. The van der Waals surface area contributed by atoms with Crippen LogP contribution in [0.3, 0.4) is 0 Å². The molecule has 1 fully saturated rings. The number of aliphatic hydroxyl groups excluding tert-OH is 1. The summed E-state index contributed by atoms with van der Waals surface area (Å²) in [6.07, 6.45) is 0.855. The van der Waals surface area contributed by atoms with Crippen LogP contribution < -0.4 is 0 Å². The Morgan fingerprint density at radius 1 is 1.14 bits per heavy atom. The van der Waals surface area contributed by atoms with Crippen molar-refractivity contribution in [2.45, 2.75) is 32.8 Å². The third kappa shape index (κ3) is 5.09. The van der Waals surface area contributed by atoms with Crippen molar-refractivity contribution in [2.24, 2.45) is 0 Å². The summed E-state index contributed by atoms with van der Waals surface area (Å²) in [5, 5.41) is 10.3. The van der Waals surface area contributed by atoms with Crippen LogP contribution in [0.15, 0.2) is 18.2 Å². The van der Waals surface area contributed by atoms with E-state index in [0.717, 1.165) is 29.8 Å². The minimum atomic E-state index is -2.86. The van der Waals surface area contributed by atoms with E-state index in [1.165, 1.54) is 0 Å². The predicted molar refractivity (Wildman–Crippen MR) is 85.2 cm³/mol. The summed E-state index contributed by atoms with van der Waals surface area (Å²) in [6, 6.07) is 6.13. The molecule has 21 heavy (non-hydrogen) atoms. The van der Waals surface area contributed by atoms with Crippen molar-refractivity contribution < 1.29 is 13.5 Å². The Kier molecular flexibility index (Phi) is 5.41. The van der Waals surface area contributed by atoms with E-state index in [1.54, 1.807) is 0 Å². The Labute approximate surface area is 127 Å². The Balaban J connectivity index is 1.90. The first-order valence-electron chi connectivity index (χ1n) is 7.55. The lowest BCUT2D eigenvalue weighted by atomic mass is 10.0. The molecule has 1 aliphatic heterocycles. The molecule has 2 rings (SSSR count). The summed E-state index contributed by atoms with van der Waals surface area (Å²) in [4.78, 5) is 2.15. The van der Waals surface area contributed by atoms with Crippen molar-refractivity contribution in [2.75, 3.05) is 31.1 Å². The van der Waals surface area contributed by atoms with Gasteiger partial charge in [-0.1, -0.05) is 29.3 Å². The zero-order valence-electron chi connectivity index (χ0n) is 12.9. The lowest BCUT2D eigenvalue weighted by molar-refractivity contribution is 0.144. The smallest absolute Gasteiger partial charge is 0.151 e. The second-order valence-electron chi connectivity index (χ2n) is 6.07. The zero-order chi connectivity index (χ0) is 15.5. The standard InChI is InChI=1S/C16H25NO3S/c1-13-10-14(2)12-15(11-13)16(18)4-6-17-5-3-8-21(19,20)9-7-17/h10-12,16,18H,3-9H2,1-2H3. The van der Waals surface area contributed by atoms with Crippen LogP contribution in [0.2, 0.25) is 0 Å². The second-order valence-corrected chi connectivity index (χ2v) is 8.38. The summed E-state index contributed by atoms with van der Waals surface area (Å²) in [5.41, 5.74) is 3.27. The summed E-state index contributed by atoms with van der Waals surface area (Å²) in [7, 11) is -2.86. The number of nitrogens with zero attached hydrogens (tertiary/aromatic N) is 1. The maximum atomic E-state index is 11.6. The van der Waals surface area contributed by atoms with E-state index in [4.69, 9.17) is 0 Å². The van der Waals surface area contributed by atoms with Gasteiger partial charge in [-0.25, -0.2) is 8.42 Å². The molecule has 1 atom stereocenters. The van der Waals surface area contributed by atoms with E-state index >= 15 is 0 Å². The van der Waals surface area contributed by atoms with Crippen molar-refractivity contribution >= 4 is 9.84 Å². The fraction of sp³-hybridized carbons (Fsp3) is 0.625. The molecular formula is C16H25NO3S. The van der Waals surface area contributed by atoms with Gasteiger partial charge in [0.2, 0.25) is 0 Å². The van der Waals surface area contributed by atoms with Crippen LogP contribution in [0.25, 0.3) is 0 Å². The van der Waals surface area contributed by atoms with Gasteiger partial charge < -0.3 is 10.0 Å². The van der Waals surface area contributed by atoms with Gasteiger partial charge in [0, 0.05) is 13.1 Å². The van der Waals surface area contributed by atoms with Crippen molar-refractivity contribution in [1.29, 1.82) is 0 Å². The van der Waals surface area contributed by atoms with Crippen LogP contribution in [0.5, 0.6) is 0 Å². The fourth-order valence-corrected chi connectivity index (χ4v) is 4.20. The van der Waals surface area contributed by atoms with Crippen LogP contribution in [-0.4, -0.2) is 49.6 Å². The molecular weight excluding hydrogens is 286 g/mol.